The molecule has 102 valence electrons. The van der Waals surface area contributed by atoms with Crippen LogP contribution in [0.25, 0.3) is 11.0 Å². The summed E-state index contributed by atoms with van der Waals surface area (Å²) in [5, 5.41) is 0. The molecule has 0 spiro atoms. The van der Waals surface area contributed by atoms with Gasteiger partial charge in [-0.1, -0.05) is 0 Å². The molecule has 3 rings (SSSR count). The Kier molecular flexibility index (Phi) is 3.71. The van der Waals surface area contributed by atoms with Crippen molar-refractivity contribution in [2.45, 2.75) is 19.4 Å². The van der Waals surface area contributed by atoms with E-state index in [0.29, 0.717) is 23.7 Å². The Morgan fingerprint density at radius 3 is 3.11 bits per heavy atom. The molecule has 0 saturated carbocycles. The van der Waals surface area contributed by atoms with E-state index in [2.05, 4.69) is 9.55 Å². The van der Waals surface area contributed by atoms with Crippen molar-refractivity contribution in [3.63, 3.8) is 0 Å². The number of imidazole rings is 1. The Morgan fingerprint density at radius 2 is 2.37 bits per heavy atom. The van der Waals surface area contributed by atoms with Gasteiger partial charge in [0, 0.05) is 37.4 Å². The summed E-state index contributed by atoms with van der Waals surface area (Å²) in [6.07, 6.45) is 1.77. The van der Waals surface area contributed by atoms with Crippen molar-refractivity contribution in [2.75, 3.05) is 19.1 Å². The molecule has 1 aliphatic rings. The highest BCUT2D eigenvalue weighted by atomic mass is 35.5. The van der Waals surface area contributed by atoms with Gasteiger partial charge in [-0.05, 0) is 18.6 Å². The molecular formula is C14H16ClFN2O. The summed E-state index contributed by atoms with van der Waals surface area (Å²) >= 11 is 5.83. The summed E-state index contributed by atoms with van der Waals surface area (Å²) in [6, 6.07) is 4.76. The zero-order chi connectivity index (χ0) is 13.2. The van der Waals surface area contributed by atoms with E-state index in [1.807, 2.05) is 0 Å². The number of rotatable bonds is 4. The van der Waals surface area contributed by atoms with Crippen LogP contribution in [0, 0.1) is 11.7 Å². The average molecular weight is 283 g/mol. The summed E-state index contributed by atoms with van der Waals surface area (Å²) in [5.41, 5.74) is 1.69. The quantitative estimate of drug-likeness (QED) is 0.806. The van der Waals surface area contributed by atoms with Gasteiger partial charge in [0.05, 0.1) is 17.6 Å². The third kappa shape index (κ3) is 2.60. The lowest BCUT2D eigenvalue weighted by Crippen LogP contribution is -2.13. The second-order valence-corrected chi connectivity index (χ2v) is 5.32. The highest BCUT2D eigenvalue weighted by Gasteiger charge is 2.19. The van der Waals surface area contributed by atoms with Crippen molar-refractivity contribution in [1.29, 1.82) is 0 Å². The van der Waals surface area contributed by atoms with Crippen molar-refractivity contribution in [1.82, 2.24) is 9.55 Å². The predicted molar refractivity (Wildman–Crippen MR) is 73.0 cm³/mol. The number of ether oxygens (including phenoxy) is 1. The second-order valence-electron chi connectivity index (χ2n) is 4.94. The van der Waals surface area contributed by atoms with Crippen LogP contribution in [0.1, 0.15) is 12.2 Å². The summed E-state index contributed by atoms with van der Waals surface area (Å²) in [4.78, 5) is 4.50. The maximum Gasteiger partial charge on any atom is 0.125 e. The van der Waals surface area contributed by atoms with Crippen LogP contribution in [0.2, 0.25) is 0 Å². The monoisotopic (exact) mass is 282 g/mol. The van der Waals surface area contributed by atoms with E-state index in [0.717, 1.165) is 37.5 Å². The maximum absolute atomic E-state index is 13.3. The van der Waals surface area contributed by atoms with E-state index < -0.39 is 0 Å². The molecule has 3 nitrogen and oxygen atoms in total. The molecule has 2 heterocycles. The smallest absolute Gasteiger partial charge is 0.125 e. The van der Waals surface area contributed by atoms with Gasteiger partial charge in [0.25, 0.3) is 0 Å². The van der Waals surface area contributed by atoms with Crippen molar-refractivity contribution in [2.24, 2.45) is 5.92 Å². The van der Waals surface area contributed by atoms with Crippen LogP contribution in [0.15, 0.2) is 18.2 Å². The SMILES string of the molecule is Fc1ccc2c(c1)nc(CCCl)n2CC1CCOC1. The Balaban J connectivity index is 2.00. The minimum atomic E-state index is -0.251. The van der Waals surface area contributed by atoms with Crippen LogP contribution in [-0.4, -0.2) is 28.6 Å². The molecule has 0 bridgehead atoms. The first-order valence-corrected chi connectivity index (χ1v) is 7.10. The molecule has 1 aliphatic heterocycles. The molecule has 1 saturated heterocycles. The van der Waals surface area contributed by atoms with Crippen molar-refractivity contribution in [3.05, 3.63) is 29.8 Å². The van der Waals surface area contributed by atoms with Gasteiger partial charge in [0.2, 0.25) is 0 Å². The van der Waals surface area contributed by atoms with Crippen LogP contribution >= 0.6 is 11.6 Å². The molecule has 1 atom stereocenters. The largest absolute Gasteiger partial charge is 0.381 e. The lowest BCUT2D eigenvalue weighted by molar-refractivity contribution is 0.182. The van der Waals surface area contributed by atoms with Crippen LogP contribution in [-0.2, 0) is 17.7 Å². The van der Waals surface area contributed by atoms with E-state index >= 15 is 0 Å². The number of alkyl halides is 1. The van der Waals surface area contributed by atoms with Gasteiger partial charge in [0.1, 0.15) is 11.6 Å². The van der Waals surface area contributed by atoms with Gasteiger partial charge in [-0.25, -0.2) is 9.37 Å². The molecule has 1 aromatic carbocycles. The fourth-order valence-corrected chi connectivity index (χ4v) is 2.79. The normalized spacial score (nSPS) is 19.4. The van der Waals surface area contributed by atoms with Gasteiger partial charge in [-0.3, -0.25) is 0 Å². The van der Waals surface area contributed by atoms with Crippen LogP contribution < -0.4 is 0 Å². The molecular weight excluding hydrogens is 267 g/mol. The van der Waals surface area contributed by atoms with Crippen molar-refractivity contribution < 1.29 is 9.13 Å². The number of benzene rings is 1. The number of halogens is 2. The van der Waals surface area contributed by atoms with Gasteiger partial charge in [0.15, 0.2) is 0 Å². The number of nitrogens with zero attached hydrogens (tertiary/aromatic N) is 2. The van der Waals surface area contributed by atoms with Gasteiger partial charge >= 0.3 is 0 Å². The minimum Gasteiger partial charge on any atom is -0.381 e. The van der Waals surface area contributed by atoms with Crippen molar-refractivity contribution in [3.8, 4) is 0 Å². The Labute approximate surface area is 116 Å². The third-order valence-corrected chi connectivity index (χ3v) is 3.76. The standard InChI is InChI=1S/C14H16ClFN2O/c15-5-3-14-17-12-7-11(16)1-2-13(12)18(14)8-10-4-6-19-9-10/h1-2,7,10H,3-6,8-9H2. The number of hydrogen-bond acceptors (Lipinski definition) is 2. The minimum absolute atomic E-state index is 0.251. The number of aryl methyl sites for hydroxylation is 1. The maximum atomic E-state index is 13.3. The Hall–Kier alpha value is -1.13. The number of hydrogen-bond donors (Lipinski definition) is 0. The van der Waals surface area contributed by atoms with E-state index in [1.165, 1.54) is 12.1 Å². The van der Waals surface area contributed by atoms with E-state index in [1.54, 1.807) is 6.07 Å². The lowest BCUT2D eigenvalue weighted by atomic mass is 10.1. The number of fused-ring (bicyclic) bond motifs is 1. The van der Waals surface area contributed by atoms with Crippen LogP contribution in [0.3, 0.4) is 0 Å². The molecule has 0 amide bonds. The molecule has 1 aromatic heterocycles. The molecule has 5 heteroatoms. The van der Waals surface area contributed by atoms with Crippen LogP contribution in [0.4, 0.5) is 4.39 Å². The average Bonchev–Trinajstić information content (AvgIpc) is 2.99. The predicted octanol–water partition coefficient (Wildman–Crippen LogP) is 2.99. The Bertz CT molecular complexity index is 578. The summed E-state index contributed by atoms with van der Waals surface area (Å²) in [5.74, 6) is 1.71. The first kappa shape index (κ1) is 12.9. The highest BCUT2D eigenvalue weighted by molar-refractivity contribution is 6.17. The second kappa shape index (κ2) is 5.47. The van der Waals surface area contributed by atoms with Crippen molar-refractivity contribution >= 4 is 22.6 Å². The van der Waals surface area contributed by atoms with E-state index in [9.17, 15) is 4.39 Å². The molecule has 1 fully saturated rings. The van der Waals surface area contributed by atoms with Gasteiger partial charge in [-0.15, -0.1) is 11.6 Å². The summed E-state index contributed by atoms with van der Waals surface area (Å²) in [6.45, 7) is 2.49. The fourth-order valence-electron chi connectivity index (χ4n) is 2.62. The number of aromatic nitrogens is 2. The topological polar surface area (TPSA) is 27.1 Å². The Morgan fingerprint density at radius 1 is 1.47 bits per heavy atom. The van der Waals surface area contributed by atoms with Crippen LogP contribution in [0.5, 0.6) is 0 Å². The summed E-state index contributed by atoms with van der Waals surface area (Å²) < 4.78 is 20.9. The molecule has 0 N–H and O–H groups in total. The lowest BCUT2D eigenvalue weighted by Gasteiger charge is -2.12. The molecule has 2 aromatic rings. The van der Waals surface area contributed by atoms with Gasteiger partial charge in [-0.2, -0.15) is 0 Å². The van der Waals surface area contributed by atoms with E-state index in [-0.39, 0.29) is 5.82 Å². The first-order chi connectivity index (χ1) is 9.28. The summed E-state index contributed by atoms with van der Waals surface area (Å²) in [7, 11) is 0. The first-order valence-electron chi connectivity index (χ1n) is 6.56. The third-order valence-electron chi connectivity index (χ3n) is 3.57. The zero-order valence-corrected chi connectivity index (χ0v) is 11.4. The highest BCUT2D eigenvalue weighted by Crippen LogP contribution is 2.22. The molecule has 1 unspecified atom stereocenters. The zero-order valence-electron chi connectivity index (χ0n) is 10.6. The fraction of sp³-hybridized carbons (Fsp3) is 0.500. The molecule has 0 radical (unpaired) electrons. The van der Waals surface area contributed by atoms with E-state index in [4.69, 9.17) is 16.3 Å². The molecule has 0 aliphatic carbocycles. The van der Waals surface area contributed by atoms with Gasteiger partial charge < -0.3 is 9.30 Å². The molecule has 19 heavy (non-hydrogen) atoms.